The Labute approximate surface area is 190 Å². The van der Waals surface area contributed by atoms with Gasteiger partial charge >= 0.3 is 0 Å². The van der Waals surface area contributed by atoms with E-state index in [9.17, 15) is 10.1 Å². The SMILES string of the molecule is O=[N+]([O-])c1ccc(COc2ccc3ccccc3c2/C=N\NCc2ccccc2Cl)cc1. The van der Waals surface area contributed by atoms with Gasteiger partial charge in [0.1, 0.15) is 12.4 Å². The van der Waals surface area contributed by atoms with E-state index in [1.165, 1.54) is 12.1 Å². The van der Waals surface area contributed by atoms with Crippen LogP contribution in [0.25, 0.3) is 10.8 Å². The van der Waals surface area contributed by atoms with Crippen LogP contribution in [0.5, 0.6) is 5.75 Å². The fourth-order valence-corrected chi connectivity index (χ4v) is 3.49. The maximum atomic E-state index is 10.8. The lowest BCUT2D eigenvalue weighted by atomic mass is 10.0. The van der Waals surface area contributed by atoms with Crippen LogP contribution in [0.4, 0.5) is 5.69 Å². The van der Waals surface area contributed by atoms with E-state index in [0.29, 0.717) is 17.3 Å². The highest BCUT2D eigenvalue weighted by molar-refractivity contribution is 6.31. The Morgan fingerprint density at radius 2 is 1.72 bits per heavy atom. The summed E-state index contributed by atoms with van der Waals surface area (Å²) in [5.41, 5.74) is 5.73. The van der Waals surface area contributed by atoms with Gasteiger partial charge in [0.15, 0.2) is 0 Å². The molecular formula is C25H20ClN3O3. The van der Waals surface area contributed by atoms with Crippen LogP contribution < -0.4 is 10.2 Å². The molecule has 0 heterocycles. The molecule has 4 aromatic rings. The van der Waals surface area contributed by atoms with Gasteiger partial charge in [-0.15, -0.1) is 0 Å². The minimum absolute atomic E-state index is 0.0527. The highest BCUT2D eigenvalue weighted by atomic mass is 35.5. The average Bonchev–Trinajstić information content (AvgIpc) is 2.82. The number of hydrazone groups is 1. The van der Waals surface area contributed by atoms with Crippen molar-refractivity contribution in [2.75, 3.05) is 0 Å². The Hall–Kier alpha value is -3.90. The lowest BCUT2D eigenvalue weighted by Crippen LogP contribution is -2.07. The Morgan fingerprint density at radius 3 is 2.50 bits per heavy atom. The predicted octanol–water partition coefficient (Wildman–Crippen LogP) is 6.10. The summed E-state index contributed by atoms with van der Waals surface area (Å²) in [4.78, 5) is 10.4. The highest BCUT2D eigenvalue weighted by Gasteiger charge is 2.09. The summed E-state index contributed by atoms with van der Waals surface area (Å²) in [6.07, 6.45) is 1.74. The van der Waals surface area contributed by atoms with Crippen molar-refractivity contribution in [3.05, 3.63) is 117 Å². The number of benzene rings is 4. The van der Waals surface area contributed by atoms with Gasteiger partial charge in [0, 0.05) is 22.7 Å². The van der Waals surface area contributed by atoms with Crippen LogP contribution in [0, 0.1) is 10.1 Å². The van der Waals surface area contributed by atoms with Crippen LogP contribution in [0.1, 0.15) is 16.7 Å². The molecule has 0 amide bonds. The first-order valence-electron chi connectivity index (χ1n) is 9.99. The van der Waals surface area contributed by atoms with Crippen molar-refractivity contribution in [2.24, 2.45) is 5.10 Å². The van der Waals surface area contributed by atoms with Crippen molar-refractivity contribution in [3.63, 3.8) is 0 Å². The number of non-ortho nitro benzene ring substituents is 1. The Morgan fingerprint density at radius 1 is 0.969 bits per heavy atom. The van der Waals surface area contributed by atoms with Crippen LogP contribution in [0.3, 0.4) is 0 Å². The van der Waals surface area contributed by atoms with Crippen LogP contribution in [-0.2, 0) is 13.2 Å². The topological polar surface area (TPSA) is 76.8 Å². The highest BCUT2D eigenvalue weighted by Crippen LogP contribution is 2.27. The number of halogens is 1. The maximum absolute atomic E-state index is 10.8. The number of ether oxygens (including phenoxy) is 1. The second-order valence-electron chi connectivity index (χ2n) is 7.10. The molecule has 160 valence electrons. The average molecular weight is 446 g/mol. The van der Waals surface area contributed by atoms with Crippen molar-refractivity contribution in [3.8, 4) is 5.75 Å². The minimum Gasteiger partial charge on any atom is -0.488 e. The lowest BCUT2D eigenvalue weighted by molar-refractivity contribution is -0.384. The van der Waals surface area contributed by atoms with Gasteiger partial charge in [-0.05, 0) is 46.2 Å². The summed E-state index contributed by atoms with van der Waals surface area (Å²) in [5, 5.41) is 18.0. The Kier molecular flexibility index (Phi) is 6.63. The predicted molar refractivity (Wildman–Crippen MR) is 127 cm³/mol. The molecule has 7 heteroatoms. The molecule has 0 atom stereocenters. The Bertz CT molecular complexity index is 1270. The Balaban J connectivity index is 1.53. The molecule has 0 radical (unpaired) electrons. The van der Waals surface area contributed by atoms with Gasteiger partial charge in [-0.2, -0.15) is 5.10 Å². The van der Waals surface area contributed by atoms with Crippen molar-refractivity contribution in [1.82, 2.24) is 5.43 Å². The zero-order valence-electron chi connectivity index (χ0n) is 17.1. The van der Waals surface area contributed by atoms with Gasteiger partial charge < -0.3 is 10.2 Å². The zero-order chi connectivity index (χ0) is 22.3. The van der Waals surface area contributed by atoms with Crippen molar-refractivity contribution >= 4 is 34.3 Å². The monoisotopic (exact) mass is 445 g/mol. The van der Waals surface area contributed by atoms with Gasteiger partial charge in [-0.3, -0.25) is 10.1 Å². The van der Waals surface area contributed by atoms with E-state index in [1.54, 1.807) is 18.3 Å². The van der Waals surface area contributed by atoms with E-state index < -0.39 is 4.92 Å². The molecule has 0 saturated heterocycles. The fourth-order valence-electron chi connectivity index (χ4n) is 3.29. The number of fused-ring (bicyclic) bond motifs is 1. The minimum atomic E-state index is -0.418. The van der Waals surface area contributed by atoms with E-state index >= 15 is 0 Å². The van der Waals surface area contributed by atoms with Crippen LogP contribution in [0.15, 0.2) is 90.0 Å². The molecule has 1 N–H and O–H groups in total. The van der Waals surface area contributed by atoms with Crippen molar-refractivity contribution in [2.45, 2.75) is 13.2 Å². The van der Waals surface area contributed by atoms with E-state index in [4.69, 9.17) is 16.3 Å². The molecule has 0 aliphatic rings. The molecule has 0 unspecified atom stereocenters. The molecule has 0 fully saturated rings. The summed E-state index contributed by atoms with van der Waals surface area (Å²) in [6, 6.07) is 25.8. The number of rotatable bonds is 8. The van der Waals surface area contributed by atoms with Crippen LogP contribution in [-0.4, -0.2) is 11.1 Å². The summed E-state index contributed by atoms with van der Waals surface area (Å²) in [7, 11) is 0. The molecule has 6 nitrogen and oxygen atoms in total. The first-order valence-corrected chi connectivity index (χ1v) is 10.4. The number of nitrogens with zero attached hydrogens (tertiary/aromatic N) is 2. The number of hydrogen-bond acceptors (Lipinski definition) is 5. The molecule has 4 aromatic carbocycles. The largest absolute Gasteiger partial charge is 0.488 e. The maximum Gasteiger partial charge on any atom is 0.269 e. The molecule has 0 aliphatic heterocycles. The molecule has 4 rings (SSSR count). The van der Waals surface area contributed by atoms with Crippen LogP contribution in [0.2, 0.25) is 5.02 Å². The van der Waals surface area contributed by atoms with Gasteiger partial charge in [0.2, 0.25) is 0 Å². The molecule has 0 bridgehead atoms. The second kappa shape index (κ2) is 9.94. The molecule has 0 spiro atoms. The quantitative estimate of drug-likeness (QED) is 0.202. The third-order valence-electron chi connectivity index (χ3n) is 4.98. The number of nitro groups is 1. The second-order valence-corrected chi connectivity index (χ2v) is 7.50. The number of nitro benzene ring substituents is 1. The van der Waals surface area contributed by atoms with Crippen molar-refractivity contribution < 1.29 is 9.66 Å². The summed E-state index contributed by atoms with van der Waals surface area (Å²) >= 11 is 6.20. The third kappa shape index (κ3) is 5.04. The normalized spacial score (nSPS) is 11.0. The van der Waals surface area contributed by atoms with E-state index in [1.807, 2.05) is 60.7 Å². The lowest BCUT2D eigenvalue weighted by Gasteiger charge is -2.12. The van der Waals surface area contributed by atoms with E-state index in [-0.39, 0.29) is 12.3 Å². The number of nitrogens with one attached hydrogen (secondary N) is 1. The van der Waals surface area contributed by atoms with Gasteiger partial charge in [-0.1, -0.05) is 60.1 Å². The fraction of sp³-hybridized carbons (Fsp3) is 0.0800. The van der Waals surface area contributed by atoms with E-state index in [2.05, 4.69) is 10.5 Å². The van der Waals surface area contributed by atoms with E-state index in [0.717, 1.165) is 27.5 Å². The molecule has 0 saturated carbocycles. The first-order chi connectivity index (χ1) is 15.6. The van der Waals surface area contributed by atoms with Crippen LogP contribution >= 0.6 is 11.6 Å². The molecule has 0 aromatic heterocycles. The van der Waals surface area contributed by atoms with Crippen molar-refractivity contribution in [1.29, 1.82) is 0 Å². The molecule has 32 heavy (non-hydrogen) atoms. The summed E-state index contributed by atoms with van der Waals surface area (Å²) < 4.78 is 6.06. The standard InChI is InChI=1S/C25H20ClN3O3/c26-24-8-4-2-6-20(24)15-27-28-16-23-22-7-3-1-5-19(22)11-14-25(23)32-17-18-9-12-21(13-10-18)29(30)31/h1-14,16,27H,15,17H2/b28-16-. The number of hydrogen-bond donors (Lipinski definition) is 1. The molecule has 0 aliphatic carbocycles. The zero-order valence-corrected chi connectivity index (χ0v) is 17.8. The van der Waals surface area contributed by atoms with Gasteiger partial charge in [-0.25, -0.2) is 0 Å². The smallest absolute Gasteiger partial charge is 0.269 e. The summed E-state index contributed by atoms with van der Waals surface area (Å²) in [5.74, 6) is 0.672. The van der Waals surface area contributed by atoms with Gasteiger partial charge in [0.05, 0.1) is 17.7 Å². The third-order valence-corrected chi connectivity index (χ3v) is 5.35. The molecular weight excluding hydrogens is 426 g/mol. The van der Waals surface area contributed by atoms with Gasteiger partial charge in [0.25, 0.3) is 5.69 Å². The first kappa shape index (κ1) is 21.3. The summed E-state index contributed by atoms with van der Waals surface area (Å²) in [6.45, 7) is 0.782.